The first-order valence-corrected chi connectivity index (χ1v) is 16.9. The summed E-state index contributed by atoms with van der Waals surface area (Å²) in [5.41, 5.74) is 4.30. The van der Waals surface area contributed by atoms with E-state index in [9.17, 15) is 9.59 Å². The highest BCUT2D eigenvalue weighted by atomic mass is 35.5. The van der Waals surface area contributed by atoms with Crippen molar-refractivity contribution in [2.45, 2.75) is 90.5 Å². The summed E-state index contributed by atoms with van der Waals surface area (Å²) < 4.78 is 17.2. The molecule has 0 saturated heterocycles. The quantitative estimate of drug-likeness (QED) is 0.248. The van der Waals surface area contributed by atoms with Crippen LogP contribution >= 0.6 is 11.6 Å². The Morgan fingerprint density at radius 3 is 2.26 bits per heavy atom. The summed E-state index contributed by atoms with van der Waals surface area (Å²) in [6.45, 7) is 10.5. The zero-order valence-corrected chi connectivity index (χ0v) is 29.4. The largest absolute Gasteiger partial charge is 0.493 e. The molecule has 0 aromatic heterocycles. The standard InChI is InChI=1S/C38H48ClN3O5/c1-24(2)46-34-22-32-27(20-33(34)45-7)21-35(43)42(36(32)26-10-12-28(39)13-11-26)31-18-16-30(17-19-31)41(6)23-25-8-14-29(15-9-25)40-37(44)47-38(3,4)5/h10-13,16-20,22,24-25,29,36H,8-9,14-15,21,23H2,1-7H3,(H,40,44)/t25-,29-,36-/m0/s1. The summed E-state index contributed by atoms with van der Waals surface area (Å²) in [6.07, 6.45) is 3.85. The molecule has 0 bridgehead atoms. The molecule has 5 rings (SSSR count). The SMILES string of the molecule is COc1cc2c(cc1OC(C)C)[C@H](c1ccc(Cl)cc1)N(c1ccc(N(C)C[C@H]3CC[C@H](NC(=O)OC(C)(C)C)CC3)cc1)C(=O)C2. The van der Waals surface area contributed by atoms with Crippen LogP contribution in [0.15, 0.2) is 60.7 Å². The van der Waals surface area contributed by atoms with E-state index >= 15 is 0 Å². The van der Waals surface area contributed by atoms with E-state index in [1.54, 1.807) is 7.11 Å². The average Bonchev–Trinajstić information content (AvgIpc) is 3.00. The highest BCUT2D eigenvalue weighted by Gasteiger charge is 2.36. The Labute approximate surface area is 284 Å². The van der Waals surface area contributed by atoms with Crippen LogP contribution in [0.2, 0.25) is 5.02 Å². The number of hydrogen-bond donors (Lipinski definition) is 1. The van der Waals surface area contributed by atoms with Gasteiger partial charge in [-0.15, -0.1) is 0 Å². The molecule has 1 N–H and O–H groups in total. The summed E-state index contributed by atoms with van der Waals surface area (Å²) in [5, 5.41) is 3.68. The van der Waals surface area contributed by atoms with E-state index in [-0.39, 0.29) is 36.6 Å². The molecule has 1 aliphatic carbocycles. The lowest BCUT2D eigenvalue weighted by molar-refractivity contribution is -0.118. The van der Waals surface area contributed by atoms with E-state index in [1.165, 1.54) is 0 Å². The van der Waals surface area contributed by atoms with Crippen LogP contribution in [0.4, 0.5) is 16.2 Å². The predicted octanol–water partition coefficient (Wildman–Crippen LogP) is 8.33. The van der Waals surface area contributed by atoms with Crippen molar-refractivity contribution in [2.75, 3.05) is 30.5 Å². The van der Waals surface area contributed by atoms with E-state index < -0.39 is 5.60 Å². The number of alkyl carbamates (subject to hydrolysis) is 1. The van der Waals surface area contributed by atoms with Crippen LogP contribution in [0.25, 0.3) is 0 Å². The number of amides is 2. The maximum atomic E-state index is 13.9. The Bertz CT molecular complexity index is 1540. The summed E-state index contributed by atoms with van der Waals surface area (Å²) >= 11 is 6.28. The summed E-state index contributed by atoms with van der Waals surface area (Å²) in [6, 6.07) is 19.7. The maximum Gasteiger partial charge on any atom is 0.407 e. The third-order valence-electron chi connectivity index (χ3n) is 8.81. The molecule has 3 aromatic rings. The smallest absolute Gasteiger partial charge is 0.407 e. The number of ether oxygens (including phenoxy) is 3. The number of benzene rings is 3. The fourth-order valence-corrected chi connectivity index (χ4v) is 6.78. The molecule has 1 fully saturated rings. The van der Waals surface area contributed by atoms with Crippen molar-refractivity contribution in [3.63, 3.8) is 0 Å². The van der Waals surface area contributed by atoms with E-state index in [0.29, 0.717) is 22.4 Å². The minimum absolute atomic E-state index is 0.00915. The van der Waals surface area contributed by atoms with Gasteiger partial charge in [-0.2, -0.15) is 0 Å². The lowest BCUT2D eigenvalue weighted by Crippen LogP contribution is -2.42. The number of nitrogens with zero attached hydrogens (tertiary/aromatic N) is 2. The van der Waals surface area contributed by atoms with Crippen LogP contribution in [0, 0.1) is 5.92 Å². The zero-order chi connectivity index (χ0) is 33.9. The molecule has 2 amide bonds. The molecule has 0 spiro atoms. The van der Waals surface area contributed by atoms with Crippen molar-refractivity contribution < 1.29 is 23.8 Å². The van der Waals surface area contributed by atoms with Gasteiger partial charge < -0.3 is 29.3 Å². The van der Waals surface area contributed by atoms with Crippen molar-refractivity contribution in [3.05, 3.63) is 82.4 Å². The molecule has 252 valence electrons. The second-order valence-corrected chi connectivity index (χ2v) is 14.5. The fourth-order valence-electron chi connectivity index (χ4n) is 6.65. The highest BCUT2D eigenvalue weighted by molar-refractivity contribution is 6.30. The topological polar surface area (TPSA) is 80.3 Å². The number of nitrogens with one attached hydrogen (secondary N) is 1. The number of rotatable bonds is 9. The zero-order valence-electron chi connectivity index (χ0n) is 28.6. The molecule has 0 unspecified atom stereocenters. The first-order valence-electron chi connectivity index (χ1n) is 16.6. The number of carbonyl (C=O) groups excluding carboxylic acids is 2. The van der Waals surface area contributed by atoms with Crippen LogP contribution in [0.3, 0.4) is 0 Å². The molecule has 3 aromatic carbocycles. The lowest BCUT2D eigenvalue weighted by atomic mass is 9.85. The minimum atomic E-state index is -0.498. The van der Waals surface area contributed by atoms with Gasteiger partial charge in [-0.25, -0.2) is 4.79 Å². The van der Waals surface area contributed by atoms with E-state index in [1.807, 2.05) is 88.0 Å². The van der Waals surface area contributed by atoms with Gasteiger partial charge in [-0.1, -0.05) is 23.7 Å². The summed E-state index contributed by atoms with van der Waals surface area (Å²) in [7, 11) is 3.73. The monoisotopic (exact) mass is 661 g/mol. The molecule has 1 atom stereocenters. The summed E-state index contributed by atoms with van der Waals surface area (Å²) in [4.78, 5) is 30.3. The van der Waals surface area contributed by atoms with Crippen molar-refractivity contribution in [3.8, 4) is 11.5 Å². The molecular weight excluding hydrogens is 614 g/mol. The van der Waals surface area contributed by atoms with Gasteiger partial charge in [0.1, 0.15) is 5.60 Å². The van der Waals surface area contributed by atoms with Gasteiger partial charge in [0, 0.05) is 36.0 Å². The third-order valence-corrected chi connectivity index (χ3v) is 9.06. The molecule has 2 aliphatic rings. The maximum absolute atomic E-state index is 13.9. The van der Waals surface area contributed by atoms with Crippen molar-refractivity contribution in [2.24, 2.45) is 5.92 Å². The Hall–Kier alpha value is -3.91. The molecule has 1 heterocycles. The second-order valence-electron chi connectivity index (χ2n) is 14.0. The first-order chi connectivity index (χ1) is 22.3. The van der Waals surface area contributed by atoms with Crippen molar-refractivity contribution in [1.29, 1.82) is 0 Å². The van der Waals surface area contributed by atoms with E-state index in [2.05, 4.69) is 29.4 Å². The average molecular weight is 662 g/mol. The van der Waals surface area contributed by atoms with Gasteiger partial charge in [-0.3, -0.25) is 4.79 Å². The molecule has 1 aliphatic heterocycles. The number of anilines is 2. The van der Waals surface area contributed by atoms with Gasteiger partial charge >= 0.3 is 6.09 Å². The van der Waals surface area contributed by atoms with E-state index in [4.69, 9.17) is 25.8 Å². The van der Waals surface area contributed by atoms with Gasteiger partial charge in [0.05, 0.1) is 25.7 Å². The molecule has 8 nitrogen and oxygen atoms in total. The molecular formula is C38H48ClN3O5. The third kappa shape index (κ3) is 8.52. The van der Waals surface area contributed by atoms with Gasteiger partial charge in [0.15, 0.2) is 11.5 Å². The van der Waals surface area contributed by atoms with Gasteiger partial charge in [-0.05, 0) is 131 Å². The first kappa shape index (κ1) is 34.4. The second kappa shape index (κ2) is 14.5. The van der Waals surface area contributed by atoms with Crippen molar-refractivity contribution in [1.82, 2.24) is 5.32 Å². The predicted molar refractivity (Wildman–Crippen MR) is 188 cm³/mol. The Balaban J connectivity index is 1.33. The number of fused-ring (bicyclic) bond motifs is 1. The highest BCUT2D eigenvalue weighted by Crippen LogP contribution is 2.44. The van der Waals surface area contributed by atoms with Crippen LogP contribution in [-0.2, 0) is 16.0 Å². The number of carbonyl (C=O) groups is 2. The Morgan fingerprint density at radius 2 is 1.66 bits per heavy atom. The number of hydrogen-bond acceptors (Lipinski definition) is 6. The molecule has 0 radical (unpaired) electrons. The van der Waals surface area contributed by atoms with E-state index in [0.717, 1.165) is 60.3 Å². The molecule has 9 heteroatoms. The molecule has 47 heavy (non-hydrogen) atoms. The minimum Gasteiger partial charge on any atom is -0.493 e. The normalized spacial score (nSPS) is 19.6. The van der Waals surface area contributed by atoms with Gasteiger partial charge in [0.2, 0.25) is 5.91 Å². The Kier molecular flexibility index (Phi) is 10.6. The van der Waals surface area contributed by atoms with Gasteiger partial charge in [0.25, 0.3) is 0 Å². The lowest BCUT2D eigenvalue weighted by Gasteiger charge is -2.38. The van der Waals surface area contributed by atoms with Crippen molar-refractivity contribution >= 4 is 35.0 Å². The number of halogens is 1. The van der Waals surface area contributed by atoms with Crippen LogP contribution in [0.1, 0.15) is 83.0 Å². The molecule has 1 saturated carbocycles. The Morgan fingerprint density at radius 1 is 1.00 bits per heavy atom. The van der Waals surface area contributed by atoms with Crippen LogP contribution < -0.4 is 24.6 Å². The van der Waals surface area contributed by atoms with Crippen LogP contribution in [0.5, 0.6) is 11.5 Å². The number of methoxy groups -OCH3 is 1. The van der Waals surface area contributed by atoms with Crippen LogP contribution in [-0.4, -0.2) is 50.4 Å². The summed E-state index contributed by atoms with van der Waals surface area (Å²) in [5.74, 6) is 1.81. The fraction of sp³-hybridized carbons (Fsp3) is 0.474.